The van der Waals surface area contributed by atoms with Gasteiger partial charge in [-0.2, -0.15) is 0 Å². The fraction of sp³-hybridized carbons (Fsp3) is 0.300. The molecule has 1 atom stereocenters. The Morgan fingerprint density at radius 1 is 1.16 bits per heavy atom. The van der Waals surface area contributed by atoms with Crippen LogP contribution in [0.15, 0.2) is 40.8 Å². The first-order valence-corrected chi connectivity index (χ1v) is 8.47. The summed E-state index contributed by atoms with van der Waals surface area (Å²) in [6, 6.07) is 12.0. The average molecular weight is 337 g/mol. The summed E-state index contributed by atoms with van der Waals surface area (Å²) in [4.78, 5) is 24.5. The van der Waals surface area contributed by atoms with Crippen LogP contribution in [0.2, 0.25) is 0 Å². The number of benzene rings is 2. The number of hydrogen-bond acceptors (Lipinski definition) is 4. The number of hydrogen-bond donors (Lipinski definition) is 1. The molecule has 0 saturated heterocycles. The van der Waals surface area contributed by atoms with Crippen molar-refractivity contribution in [1.29, 1.82) is 0 Å². The predicted molar refractivity (Wildman–Crippen MR) is 94.5 cm³/mol. The van der Waals surface area contributed by atoms with Gasteiger partial charge in [-0.15, -0.1) is 0 Å². The molecule has 5 heteroatoms. The SMILES string of the molecule is Cc1c(C(=O)O[C@@H](C)C(=O)NC2CC2)oc2c1ccc1ccccc12. The molecule has 1 aromatic heterocycles. The number of aryl methyl sites for hydroxylation is 1. The molecule has 0 bridgehead atoms. The molecular weight excluding hydrogens is 318 g/mol. The molecule has 0 spiro atoms. The topological polar surface area (TPSA) is 68.5 Å². The number of fused-ring (bicyclic) bond motifs is 3. The van der Waals surface area contributed by atoms with Gasteiger partial charge in [-0.3, -0.25) is 4.79 Å². The first kappa shape index (κ1) is 15.7. The smallest absolute Gasteiger partial charge is 0.375 e. The largest absolute Gasteiger partial charge is 0.448 e. The summed E-state index contributed by atoms with van der Waals surface area (Å²) in [6.45, 7) is 3.40. The van der Waals surface area contributed by atoms with E-state index in [1.807, 2.05) is 43.3 Å². The van der Waals surface area contributed by atoms with E-state index in [1.54, 1.807) is 6.92 Å². The summed E-state index contributed by atoms with van der Waals surface area (Å²) in [6.07, 6.45) is 1.13. The second kappa shape index (κ2) is 5.92. The van der Waals surface area contributed by atoms with Gasteiger partial charge in [0.05, 0.1) is 0 Å². The minimum absolute atomic E-state index is 0.150. The lowest BCUT2D eigenvalue weighted by Crippen LogP contribution is -2.37. The van der Waals surface area contributed by atoms with Gasteiger partial charge in [0, 0.05) is 22.4 Å². The van der Waals surface area contributed by atoms with E-state index in [4.69, 9.17) is 9.15 Å². The number of ether oxygens (including phenoxy) is 1. The number of carbonyl (C=O) groups excluding carboxylic acids is 2. The Labute approximate surface area is 144 Å². The normalized spacial score (nSPS) is 15.3. The van der Waals surface area contributed by atoms with Gasteiger partial charge in [0.2, 0.25) is 5.76 Å². The van der Waals surface area contributed by atoms with Crippen LogP contribution in [-0.4, -0.2) is 24.0 Å². The van der Waals surface area contributed by atoms with Gasteiger partial charge in [0.1, 0.15) is 5.58 Å². The van der Waals surface area contributed by atoms with Crippen LogP contribution in [0.4, 0.5) is 0 Å². The van der Waals surface area contributed by atoms with Crippen molar-refractivity contribution in [1.82, 2.24) is 5.32 Å². The zero-order valence-electron chi connectivity index (χ0n) is 14.2. The first-order valence-electron chi connectivity index (χ1n) is 8.47. The van der Waals surface area contributed by atoms with Gasteiger partial charge < -0.3 is 14.5 Å². The van der Waals surface area contributed by atoms with E-state index in [2.05, 4.69) is 5.32 Å². The Balaban J connectivity index is 1.64. The second-order valence-electron chi connectivity index (χ2n) is 6.55. The Morgan fingerprint density at radius 3 is 2.68 bits per heavy atom. The molecule has 1 heterocycles. The predicted octanol–water partition coefficient (Wildman–Crippen LogP) is 3.72. The van der Waals surface area contributed by atoms with Crippen molar-refractivity contribution in [3.8, 4) is 0 Å². The zero-order chi connectivity index (χ0) is 17.6. The van der Waals surface area contributed by atoms with Crippen LogP contribution in [0, 0.1) is 6.92 Å². The quantitative estimate of drug-likeness (QED) is 0.737. The molecule has 25 heavy (non-hydrogen) atoms. The molecule has 4 rings (SSSR count). The summed E-state index contributed by atoms with van der Waals surface area (Å²) in [5.74, 6) is -0.733. The Kier molecular flexibility index (Phi) is 3.71. The van der Waals surface area contributed by atoms with E-state index >= 15 is 0 Å². The van der Waals surface area contributed by atoms with E-state index in [0.29, 0.717) is 5.58 Å². The van der Waals surface area contributed by atoms with Gasteiger partial charge >= 0.3 is 5.97 Å². The highest BCUT2D eigenvalue weighted by atomic mass is 16.6. The fourth-order valence-corrected chi connectivity index (χ4v) is 2.96. The van der Waals surface area contributed by atoms with Crippen LogP contribution >= 0.6 is 0 Å². The molecule has 1 N–H and O–H groups in total. The van der Waals surface area contributed by atoms with Crippen molar-refractivity contribution in [3.05, 3.63) is 47.7 Å². The molecular formula is C20H19NO4. The minimum atomic E-state index is -0.850. The Morgan fingerprint density at radius 2 is 1.92 bits per heavy atom. The van der Waals surface area contributed by atoms with E-state index in [9.17, 15) is 9.59 Å². The average Bonchev–Trinajstić information content (AvgIpc) is 3.35. The Hall–Kier alpha value is -2.82. The van der Waals surface area contributed by atoms with Crippen LogP contribution in [-0.2, 0) is 9.53 Å². The molecule has 3 aromatic rings. The molecule has 1 saturated carbocycles. The molecule has 1 aliphatic rings. The lowest BCUT2D eigenvalue weighted by Gasteiger charge is -2.12. The number of carbonyl (C=O) groups is 2. The third-order valence-electron chi connectivity index (χ3n) is 4.59. The molecule has 1 fully saturated rings. The standard InChI is InChI=1S/C20H19NO4/c1-11-15-10-7-13-5-3-4-6-16(13)18(15)25-17(11)20(23)24-12(2)19(22)21-14-8-9-14/h3-7,10,12,14H,8-9H2,1-2H3,(H,21,22)/t12-/m0/s1. The van der Waals surface area contributed by atoms with Crippen LogP contribution in [0.25, 0.3) is 21.7 Å². The molecule has 5 nitrogen and oxygen atoms in total. The molecule has 1 aliphatic carbocycles. The molecule has 1 amide bonds. The van der Waals surface area contributed by atoms with E-state index < -0.39 is 12.1 Å². The summed E-state index contributed by atoms with van der Waals surface area (Å²) < 4.78 is 11.1. The number of nitrogens with one attached hydrogen (secondary N) is 1. The number of esters is 1. The number of amides is 1. The lowest BCUT2D eigenvalue weighted by atomic mass is 10.1. The highest BCUT2D eigenvalue weighted by Gasteiger charge is 2.29. The maximum absolute atomic E-state index is 12.5. The molecule has 2 aromatic carbocycles. The third kappa shape index (κ3) is 2.86. The Bertz CT molecular complexity index is 984. The second-order valence-corrected chi connectivity index (χ2v) is 6.55. The van der Waals surface area contributed by atoms with Crippen molar-refractivity contribution in [2.45, 2.75) is 38.8 Å². The molecule has 0 radical (unpaired) electrons. The van der Waals surface area contributed by atoms with Gasteiger partial charge in [-0.1, -0.05) is 36.4 Å². The van der Waals surface area contributed by atoms with Gasteiger partial charge in [0.15, 0.2) is 6.10 Å². The highest BCUT2D eigenvalue weighted by Crippen LogP contribution is 2.32. The van der Waals surface area contributed by atoms with Gasteiger partial charge in [-0.05, 0) is 32.1 Å². The maximum Gasteiger partial charge on any atom is 0.375 e. The monoisotopic (exact) mass is 337 g/mol. The van der Waals surface area contributed by atoms with E-state index in [-0.39, 0.29) is 17.7 Å². The molecule has 0 aliphatic heterocycles. The third-order valence-corrected chi connectivity index (χ3v) is 4.59. The molecule has 128 valence electrons. The van der Waals surface area contributed by atoms with Crippen LogP contribution < -0.4 is 5.32 Å². The van der Waals surface area contributed by atoms with Crippen molar-refractivity contribution >= 4 is 33.6 Å². The van der Waals surface area contributed by atoms with E-state index in [0.717, 1.165) is 34.6 Å². The fourth-order valence-electron chi connectivity index (χ4n) is 2.96. The number of furan rings is 1. The summed E-state index contributed by atoms with van der Waals surface area (Å²) in [7, 11) is 0. The van der Waals surface area contributed by atoms with Crippen molar-refractivity contribution < 1.29 is 18.7 Å². The van der Waals surface area contributed by atoms with Crippen molar-refractivity contribution in [3.63, 3.8) is 0 Å². The van der Waals surface area contributed by atoms with Crippen LogP contribution in [0.3, 0.4) is 0 Å². The van der Waals surface area contributed by atoms with Gasteiger partial charge in [0.25, 0.3) is 5.91 Å². The zero-order valence-corrected chi connectivity index (χ0v) is 14.2. The van der Waals surface area contributed by atoms with Crippen LogP contribution in [0.5, 0.6) is 0 Å². The number of rotatable bonds is 4. The summed E-state index contributed by atoms with van der Waals surface area (Å²) in [5.41, 5.74) is 1.39. The van der Waals surface area contributed by atoms with E-state index in [1.165, 1.54) is 0 Å². The van der Waals surface area contributed by atoms with Gasteiger partial charge in [-0.25, -0.2) is 4.79 Å². The molecule has 0 unspecified atom stereocenters. The summed E-state index contributed by atoms with van der Waals surface area (Å²) in [5, 5.41) is 5.69. The van der Waals surface area contributed by atoms with Crippen molar-refractivity contribution in [2.24, 2.45) is 0 Å². The minimum Gasteiger partial charge on any atom is -0.448 e. The summed E-state index contributed by atoms with van der Waals surface area (Å²) >= 11 is 0. The first-order chi connectivity index (χ1) is 12.0. The highest BCUT2D eigenvalue weighted by molar-refractivity contribution is 6.08. The maximum atomic E-state index is 12.5. The van der Waals surface area contributed by atoms with Crippen molar-refractivity contribution in [2.75, 3.05) is 0 Å². The lowest BCUT2D eigenvalue weighted by molar-refractivity contribution is -0.129. The van der Waals surface area contributed by atoms with Crippen LogP contribution in [0.1, 0.15) is 35.9 Å².